The van der Waals surface area contributed by atoms with Crippen LogP contribution in [0.3, 0.4) is 0 Å². The van der Waals surface area contributed by atoms with Crippen molar-refractivity contribution >= 4 is 22.8 Å². The van der Waals surface area contributed by atoms with E-state index in [9.17, 15) is 0 Å². The molecule has 110 valence electrons. The number of nitrogens with two attached hydrogens (primary N) is 1. The molecule has 0 unspecified atom stereocenters. The molecule has 2 N–H and O–H groups in total. The fourth-order valence-corrected chi connectivity index (χ4v) is 2.21. The van der Waals surface area contributed by atoms with Crippen LogP contribution in [0, 0.1) is 0 Å². The number of aryl methyl sites for hydroxylation is 2. The number of nitrogens with zero attached hydrogens (tertiary/aromatic N) is 7. The van der Waals surface area contributed by atoms with E-state index < -0.39 is 0 Å². The van der Waals surface area contributed by atoms with Crippen LogP contribution in [0.25, 0.3) is 11.0 Å². The Morgan fingerprint density at radius 3 is 2.90 bits per heavy atom. The van der Waals surface area contributed by atoms with Gasteiger partial charge < -0.3 is 10.6 Å². The number of rotatable bonds is 5. The molecule has 0 aromatic carbocycles. The summed E-state index contributed by atoms with van der Waals surface area (Å²) in [6.45, 7) is 1.68. The summed E-state index contributed by atoms with van der Waals surface area (Å²) in [6, 6.07) is 1.92. The fraction of sp³-hybridized carbons (Fsp3) is 0.385. The maximum absolute atomic E-state index is 5.97. The lowest BCUT2D eigenvalue weighted by atomic mass is 10.4. The van der Waals surface area contributed by atoms with Gasteiger partial charge in [-0.25, -0.2) is 0 Å². The predicted molar refractivity (Wildman–Crippen MR) is 80.8 cm³/mol. The lowest BCUT2D eigenvalue weighted by Gasteiger charge is -2.17. The summed E-state index contributed by atoms with van der Waals surface area (Å²) in [7, 11) is 3.80. The Morgan fingerprint density at radius 2 is 2.14 bits per heavy atom. The molecule has 8 nitrogen and oxygen atoms in total. The highest BCUT2D eigenvalue weighted by Gasteiger charge is 2.12. The van der Waals surface area contributed by atoms with E-state index in [1.54, 1.807) is 17.1 Å². The van der Waals surface area contributed by atoms with Crippen LogP contribution in [0.2, 0.25) is 0 Å². The molecule has 8 heteroatoms. The summed E-state index contributed by atoms with van der Waals surface area (Å²) in [5.41, 5.74) is 6.72. The van der Waals surface area contributed by atoms with Gasteiger partial charge in [0.25, 0.3) is 0 Å². The second kappa shape index (κ2) is 5.39. The first-order valence-corrected chi connectivity index (χ1v) is 6.79. The SMILES string of the molecule is CN(CCCn1cccn1)c1nc(N)c2cnn(C)c2n1. The third-order valence-corrected chi connectivity index (χ3v) is 3.39. The van der Waals surface area contributed by atoms with E-state index in [-0.39, 0.29) is 0 Å². The number of nitrogen functional groups attached to an aromatic ring is 1. The molecule has 0 atom stereocenters. The van der Waals surface area contributed by atoms with Gasteiger partial charge in [0.2, 0.25) is 5.95 Å². The highest BCUT2D eigenvalue weighted by molar-refractivity contribution is 5.86. The Bertz CT molecular complexity index is 730. The minimum atomic E-state index is 0.460. The minimum Gasteiger partial charge on any atom is -0.383 e. The summed E-state index contributed by atoms with van der Waals surface area (Å²) in [5.74, 6) is 1.08. The van der Waals surface area contributed by atoms with Crippen molar-refractivity contribution in [2.75, 3.05) is 24.2 Å². The summed E-state index contributed by atoms with van der Waals surface area (Å²) in [6.07, 6.45) is 6.37. The Hall–Kier alpha value is -2.64. The third-order valence-electron chi connectivity index (χ3n) is 3.39. The average Bonchev–Trinajstić information content (AvgIpc) is 3.09. The number of anilines is 2. The number of hydrogen-bond acceptors (Lipinski definition) is 6. The van der Waals surface area contributed by atoms with Gasteiger partial charge in [0.15, 0.2) is 5.65 Å². The lowest BCUT2D eigenvalue weighted by molar-refractivity contribution is 0.576. The predicted octanol–water partition coefficient (Wildman–Crippen LogP) is 0.668. The average molecular weight is 286 g/mol. The molecule has 0 fully saturated rings. The van der Waals surface area contributed by atoms with Gasteiger partial charge in [0.05, 0.1) is 11.6 Å². The van der Waals surface area contributed by atoms with Crippen LogP contribution in [-0.2, 0) is 13.6 Å². The summed E-state index contributed by atoms with van der Waals surface area (Å²) >= 11 is 0. The Balaban J connectivity index is 1.71. The molecule has 3 aromatic heterocycles. The molecule has 0 aliphatic rings. The molecule has 0 bridgehead atoms. The monoisotopic (exact) mass is 286 g/mol. The summed E-state index contributed by atoms with van der Waals surface area (Å²) in [4.78, 5) is 10.9. The van der Waals surface area contributed by atoms with Gasteiger partial charge in [-0.1, -0.05) is 0 Å². The van der Waals surface area contributed by atoms with Crippen LogP contribution in [-0.4, -0.2) is 43.1 Å². The number of aromatic nitrogens is 6. The van der Waals surface area contributed by atoms with Crippen molar-refractivity contribution in [1.29, 1.82) is 0 Å². The molecule has 3 heterocycles. The second-order valence-corrected chi connectivity index (χ2v) is 4.96. The van der Waals surface area contributed by atoms with Gasteiger partial charge in [-0.15, -0.1) is 0 Å². The van der Waals surface area contributed by atoms with E-state index in [1.807, 2.05) is 35.9 Å². The van der Waals surface area contributed by atoms with Gasteiger partial charge >= 0.3 is 0 Å². The minimum absolute atomic E-state index is 0.460. The first-order valence-electron chi connectivity index (χ1n) is 6.79. The maximum Gasteiger partial charge on any atom is 0.229 e. The standard InChI is InChI=1S/C13H18N8/c1-19(6-4-8-21-7-3-5-15-21)13-17-11(14)10-9-16-20(2)12(10)18-13/h3,5,7,9H,4,6,8H2,1-2H3,(H2,14,17,18). The first kappa shape index (κ1) is 13.3. The lowest BCUT2D eigenvalue weighted by Crippen LogP contribution is -2.23. The molecule has 0 spiro atoms. The fourth-order valence-electron chi connectivity index (χ4n) is 2.21. The zero-order valence-corrected chi connectivity index (χ0v) is 12.1. The Kier molecular flexibility index (Phi) is 3.43. The molecule has 0 aliphatic heterocycles. The molecule has 0 radical (unpaired) electrons. The topological polar surface area (TPSA) is 90.7 Å². The highest BCUT2D eigenvalue weighted by atomic mass is 15.3. The second-order valence-electron chi connectivity index (χ2n) is 4.96. The quantitative estimate of drug-likeness (QED) is 0.741. The molecule has 0 aliphatic carbocycles. The van der Waals surface area contributed by atoms with E-state index in [1.165, 1.54) is 0 Å². The molecule has 3 aromatic rings. The molecule has 21 heavy (non-hydrogen) atoms. The van der Waals surface area contributed by atoms with Gasteiger partial charge in [0, 0.05) is 39.6 Å². The molecule has 3 rings (SSSR count). The van der Waals surface area contributed by atoms with Crippen LogP contribution >= 0.6 is 0 Å². The van der Waals surface area contributed by atoms with Crippen LogP contribution < -0.4 is 10.6 Å². The van der Waals surface area contributed by atoms with E-state index in [0.29, 0.717) is 11.8 Å². The van der Waals surface area contributed by atoms with Crippen molar-refractivity contribution in [2.24, 2.45) is 7.05 Å². The Morgan fingerprint density at radius 1 is 1.29 bits per heavy atom. The van der Waals surface area contributed by atoms with Crippen molar-refractivity contribution < 1.29 is 0 Å². The van der Waals surface area contributed by atoms with Crippen LogP contribution in [0.1, 0.15) is 6.42 Å². The van der Waals surface area contributed by atoms with Crippen molar-refractivity contribution in [1.82, 2.24) is 29.5 Å². The molecular formula is C13H18N8. The Labute approximate surface area is 122 Å². The van der Waals surface area contributed by atoms with Crippen LogP contribution in [0.4, 0.5) is 11.8 Å². The third kappa shape index (κ3) is 2.64. The van der Waals surface area contributed by atoms with Crippen LogP contribution in [0.15, 0.2) is 24.7 Å². The maximum atomic E-state index is 5.97. The van der Waals surface area contributed by atoms with Crippen molar-refractivity contribution in [3.63, 3.8) is 0 Å². The molecule has 0 saturated heterocycles. The smallest absolute Gasteiger partial charge is 0.229 e. The number of fused-ring (bicyclic) bond motifs is 1. The van der Waals surface area contributed by atoms with Crippen LogP contribution in [0.5, 0.6) is 0 Å². The molecule has 0 saturated carbocycles. The largest absolute Gasteiger partial charge is 0.383 e. The normalized spacial score (nSPS) is 11.1. The van der Waals surface area contributed by atoms with Gasteiger partial charge in [-0.2, -0.15) is 20.2 Å². The zero-order chi connectivity index (χ0) is 14.8. The zero-order valence-electron chi connectivity index (χ0n) is 12.1. The van der Waals surface area contributed by atoms with Gasteiger partial charge in [-0.3, -0.25) is 9.36 Å². The van der Waals surface area contributed by atoms with E-state index >= 15 is 0 Å². The highest BCUT2D eigenvalue weighted by Crippen LogP contribution is 2.19. The van der Waals surface area contributed by atoms with Gasteiger partial charge in [-0.05, 0) is 12.5 Å². The molecule has 0 amide bonds. The van der Waals surface area contributed by atoms with Crippen molar-refractivity contribution in [3.05, 3.63) is 24.7 Å². The van der Waals surface area contributed by atoms with E-state index in [4.69, 9.17) is 5.73 Å². The van der Waals surface area contributed by atoms with Crippen molar-refractivity contribution in [2.45, 2.75) is 13.0 Å². The van der Waals surface area contributed by atoms with E-state index in [0.717, 1.165) is 30.5 Å². The number of hydrogen-bond donors (Lipinski definition) is 1. The van der Waals surface area contributed by atoms with Gasteiger partial charge in [0.1, 0.15) is 5.82 Å². The summed E-state index contributed by atoms with van der Waals surface area (Å²) < 4.78 is 3.61. The molecular weight excluding hydrogens is 268 g/mol. The van der Waals surface area contributed by atoms with E-state index in [2.05, 4.69) is 20.2 Å². The first-order chi connectivity index (χ1) is 10.1. The summed E-state index contributed by atoms with van der Waals surface area (Å²) in [5, 5.41) is 9.12. The van der Waals surface area contributed by atoms with Crippen molar-refractivity contribution in [3.8, 4) is 0 Å².